The number of alkyl carbamates (subject to hydrolysis) is 1. The summed E-state index contributed by atoms with van der Waals surface area (Å²) in [5, 5.41) is 12.8. The lowest BCUT2D eigenvalue weighted by atomic mass is 9.78. The highest BCUT2D eigenvalue weighted by Gasteiger charge is 2.32. The van der Waals surface area contributed by atoms with Crippen molar-refractivity contribution in [3.05, 3.63) is 0 Å². The summed E-state index contributed by atoms with van der Waals surface area (Å²) >= 11 is 0. The molecule has 2 N–H and O–H groups in total. The Morgan fingerprint density at radius 2 is 2.06 bits per heavy atom. The molecule has 0 atom stereocenters. The molecule has 1 aliphatic carbocycles. The van der Waals surface area contributed by atoms with Gasteiger partial charge < -0.3 is 15.2 Å². The second-order valence-electron chi connectivity index (χ2n) is 4.65. The van der Waals surface area contributed by atoms with Gasteiger partial charge in [-0.3, -0.25) is 0 Å². The summed E-state index contributed by atoms with van der Waals surface area (Å²) in [4.78, 5) is 11.1. The summed E-state index contributed by atoms with van der Waals surface area (Å²) in [5.74, 6) is 0.739. The van der Waals surface area contributed by atoms with Crippen LogP contribution in [0.2, 0.25) is 0 Å². The highest BCUT2D eigenvalue weighted by molar-refractivity contribution is 5.67. The van der Waals surface area contributed by atoms with Crippen LogP contribution in [0.5, 0.6) is 0 Å². The molecule has 4 nitrogen and oxygen atoms in total. The Morgan fingerprint density at radius 1 is 1.44 bits per heavy atom. The van der Waals surface area contributed by atoms with Crippen LogP contribution in [-0.4, -0.2) is 30.0 Å². The van der Waals surface area contributed by atoms with Gasteiger partial charge in [-0.2, -0.15) is 0 Å². The molecular weight excluding hydrogens is 206 g/mol. The SMILES string of the molecule is CCOC(=O)NCC1(O)CCC(CC)CC1. The van der Waals surface area contributed by atoms with Crippen LogP contribution >= 0.6 is 0 Å². The van der Waals surface area contributed by atoms with Crippen LogP contribution in [0.25, 0.3) is 0 Å². The van der Waals surface area contributed by atoms with Crippen molar-refractivity contribution in [3.8, 4) is 0 Å². The lowest BCUT2D eigenvalue weighted by Crippen LogP contribution is -2.45. The molecule has 0 aromatic carbocycles. The molecule has 0 heterocycles. The maximum Gasteiger partial charge on any atom is 0.407 e. The van der Waals surface area contributed by atoms with E-state index in [1.165, 1.54) is 6.42 Å². The van der Waals surface area contributed by atoms with Crippen LogP contribution in [0.4, 0.5) is 4.79 Å². The summed E-state index contributed by atoms with van der Waals surface area (Å²) in [6, 6.07) is 0. The lowest BCUT2D eigenvalue weighted by Gasteiger charge is -2.35. The Morgan fingerprint density at radius 3 is 2.56 bits per heavy atom. The molecule has 1 saturated carbocycles. The molecule has 1 amide bonds. The van der Waals surface area contributed by atoms with Gasteiger partial charge >= 0.3 is 6.09 Å². The predicted octanol–water partition coefficient (Wildman–Crippen LogP) is 2.06. The number of carbonyl (C=O) groups is 1. The molecule has 0 spiro atoms. The van der Waals surface area contributed by atoms with E-state index in [4.69, 9.17) is 4.74 Å². The minimum atomic E-state index is -0.724. The molecule has 0 unspecified atom stereocenters. The van der Waals surface area contributed by atoms with Gasteiger partial charge in [0.15, 0.2) is 0 Å². The first-order valence-electron chi connectivity index (χ1n) is 6.22. The Kier molecular flexibility index (Phi) is 5.06. The van der Waals surface area contributed by atoms with E-state index in [9.17, 15) is 9.90 Å². The fraction of sp³-hybridized carbons (Fsp3) is 0.917. The van der Waals surface area contributed by atoms with Crippen LogP contribution in [0.1, 0.15) is 46.0 Å². The number of hydrogen-bond acceptors (Lipinski definition) is 3. The van der Waals surface area contributed by atoms with E-state index in [0.29, 0.717) is 13.2 Å². The standard InChI is InChI=1S/C12H23NO3/c1-3-10-5-7-12(15,8-6-10)9-13-11(14)16-4-2/h10,15H,3-9H2,1-2H3,(H,13,14). The summed E-state index contributed by atoms with van der Waals surface area (Å²) in [7, 11) is 0. The van der Waals surface area contributed by atoms with Gasteiger partial charge in [-0.15, -0.1) is 0 Å². The first-order valence-corrected chi connectivity index (χ1v) is 6.22. The zero-order valence-corrected chi connectivity index (χ0v) is 10.3. The van der Waals surface area contributed by atoms with E-state index in [-0.39, 0.29) is 0 Å². The van der Waals surface area contributed by atoms with E-state index in [0.717, 1.165) is 31.6 Å². The van der Waals surface area contributed by atoms with Gasteiger partial charge in [0.05, 0.1) is 12.2 Å². The number of rotatable bonds is 4. The summed E-state index contributed by atoms with van der Waals surface area (Å²) in [6.07, 6.45) is 4.40. The Labute approximate surface area is 97.4 Å². The normalized spacial score (nSPS) is 29.8. The van der Waals surface area contributed by atoms with Crippen molar-refractivity contribution < 1.29 is 14.6 Å². The largest absolute Gasteiger partial charge is 0.450 e. The maximum atomic E-state index is 11.1. The van der Waals surface area contributed by atoms with Crippen molar-refractivity contribution in [3.63, 3.8) is 0 Å². The molecule has 0 radical (unpaired) electrons. The zero-order valence-electron chi connectivity index (χ0n) is 10.3. The molecule has 16 heavy (non-hydrogen) atoms. The van der Waals surface area contributed by atoms with Crippen LogP contribution < -0.4 is 5.32 Å². The van der Waals surface area contributed by atoms with Gasteiger partial charge in [-0.05, 0) is 38.5 Å². The number of amides is 1. The second-order valence-corrected chi connectivity index (χ2v) is 4.65. The maximum absolute atomic E-state index is 11.1. The number of ether oxygens (including phenoxy) is 1. The molecule has 1 aliphatic rings. The molecule has 0 aromatic heterocycles. The minimum absolute atomic E-state index is 0.308. The third kappa shape index (κ3) is 4.00. The fourth-order valence-corrected chi connectivity index (χ4v) is 2.22. The quantitative estimate of drug-likeness (QED) is 0.775. The molecule has 0 saturated heterocycles. The van der Waals surface area contributed by atoms with Crippen molar-refractivity contribution in [2.45, 2.75) is 51.6 Å². The van der Waals surface area contributed by atoms with Crippen molar-refractivity contribution in [2.24, 2.45) is 5.92 Å². The van der Waals surface area contributed by atoms with Gasteiger partial charge in [-0.1, -0.05) is 13.3 Å². The van der Waals surface area contributed by atoms with Crippen LogP contribution in [0.15, 0.2) is 0 Å². The second kappa shape index (κ2) is 6.09. The number of hydrogen-bond donors (Lipinski definition) is 2. The monoisotopic (exact) mass is 229 g/mol. The van der Waals surface area contributed by atoms with E-state index >= 15 is 0 Å². The van der Waals surface area contributed by atoms with Crippen LogP contribution in [0, 0.1) is 5.92 Å². The molecule has 0 aromatic rings. The Bertz CT molecular complexity index is 222. The van der Waals surface area contributed by atoms with Gasteiger partial charge in [0.1, 0.15) is 0 Å². The lowest BCUT2D eigenvalue weighted by molar-refractivity contribution is -0.00861. The van der Waals surface area contributed by atoms with Gasteiger partial charge in [0.25, 0.3) is 0 Å². The van der Waals surface area contributed by atoms with E-state index in [2.05, 4.69) is 12.2 Å². The first kappa shape index (κ1) is 13.3. The van der Waals surface area contributed by atoms with Crippen molar-refractivity contribution in [2.75, 3.05) is 13.2 Å². The molecule has 0 aliphatic heterocycles. The Balaban J connectivity index is 2.28. The van der Waals surface area contributed by atoms with Crippen molar-refractivity contribution in [1.29, 1.82) is 0 Å². The molecule has 0 bridgehead atoms. The van der Waals surface area contributed by atoms with E-state index in [1.807, 2.05) is 0 Å². The van der Waals surface area contributed by atoms with E-state index in [1.54, 1.807) is 6.92 Å². The summed E-state index contributed by atoms with van der Waals surface area (Å²) in [6.45, 7) is 4.62. The highest BCUT2D eigenvalue weighted by atomic mass is 16.5. The topological polar surface area (TPSA) is 58.6 Å². The minimum Gasteiger partial charge on any atom is -0.450 e. The van der Waals surface area contributed by atoms with Crippen molar-refractivity contribution >= 4 is 6.09 Å². The number of nitrogens with one attached hydrogen (secondary N) is 1. The fourth-order valence-electron chi connectivity index (χ4n) is 2.22. The molecule has 1 fully saturated rings. The average molecular weight is 229 g/mol. The molecule has 1 rings (SSSR count). The van der Waals surface area contributed by atoms with Crippen molar-refractivity contribution in [1.82, 2.24) is 5.32 Å². The van der Waals surface area contributed by atoms with Gasteiger partial charge in [0.2, 0.25) is 0 Å². The molecule has 4 heteroatoms. The highest BCUT2D eigenvalue weighted by Crippen LogP contribution is 2.33. The van der Waals surface area contributed by atoms with E-state index < -0.39 is 11.7 Å². The first-order chi connectivity index (χ1) is 7.59. The summed E-state index contributed by atoms with van der Waals surface area (Å²) < 4.78 is 4.76. The zero-order chi connectivity index (χ0) is 12.0. The smallest absolute Gasteiger partial charge is 0.407 e. The molecule has 94 valence electrons. The Hall–Kier alpha value is -0.770. The average Bonchev–Trinajstić information content (AvgIpc) is 2.28. The third-order valence-electron chi connectivity index (χ3n) is 3.45. The van der Waals surface area contributed by atoms with Crippen LogP contribution in [-0.2, 0) is 4.74 Å². The van der Waals surface area contributed by atoms with Gasteiger partial charge in [-0.25, -0.2) is 4.79 Å². The van der Waals surface area contributed by atoms with Gasteiger partial charge in [0, 0.05) is 6.54 Å². The van der Waals surface area contributed by atoms with Crippen LogP contribution in [0.3, 0.4) is 0 Å². The number of carbonyl (C=O) groups excluding carboxylic acids is 1. The number of aliphatic hydroxyl groups is 1. The predicted molar refractivity (Wildman–Crippen MR) is 62.2 cm³/mol. The third-order valence-corrected chi connectivity index (χ3v) is 3.45. The molecular formula is C12H23NO3. The summed E-state index contributed by atoms with van der Waals surface area (Å²) in [5.41, 5.74) is -0.724.